The monoisotopic (exact) mass is 263 g/mol. The van der Waals surface area contributed by atoms with Crippen LogP contribution >= 0.6 is 0 Å². The van der Waals surface area contributed by atoms with Crippen LogP contribution in [-0.2, 0) is 13.0 Å². The van der Waals surface area contributed by atoms with Gasteiger partial charge in [-0.25, -0.2) is 4.79 Å². The van der Waals surface area contributed by atoms with Crippen molar-refractivity contribution in [3.8, 4) is 0 Å². The fraction of sp³-hybridized carbons (Fsp3) is 0.333. The Morgan fingerprint density at radius 1 is 1.53 bits per heavy atom. The first kappa shape index (κ1) is 13.0. The first-order valence-electron chi connectivity index (χ1n) is 5.86. The molecule has 19 heavy (non-hydrogen) atoms. The molecule has 2 rings (SSSR count). The number of carbonyl (C=O) groups is 1. The Morgan fingerprint density at radius 3 is 3.00 bits per heavy atom. The average molecular weight is 263 g/mol. The fourth-order valence-electron chi connectivity index (χ4n) is 1.65. The van der Waals surface area contributed by atoms with Crippen molar-refractivity contribution in [3.63, 3.8) is 0 Å². The molecule has 0 saturated heterocycles. The van der Waals surface area contributed by atoms with Gasteiger partial charge in [0.15, 0.2) is 5.82 Å². The molecule has 100 valence electrons. The largest absolute Gasteiger partial charge is 0.477 e. The molecular formula is C12H13N3O4. The van der Waals surface area contributed by atoms with E-state index in [-0.39, 0.29) is 12.1 Å². The lowest BCUT2D eigenvalue weighted by Crippen LogP contribution is -2.26. The van der Waals surface area contributed by atoms with Crippen molar-refractivity contribution in [2.75, 3.05) is 0 Å². The van der Waals surface area contributed by atoms with Crippen LogP contribution < -0.4 is 5.56 Å². The van der Waals surface area contributed by atoms with Crippen LogP contribution in [0.5, 0.6) is 0 Å². The van der Waals surface area contributed by atoms with Crippen LogP contribution in [0.15, 0.2) is 27.6 Å². The number of pyridine rings is 1. The molecule has 0 aliphatic carbocycles. The number of hydrogen-bond donors (Lipinski definition) is 1. The molecule has 2 aromatic rings. The molecule has 0 fully saturated rings. The summed E-state index contributed by atoms with van der Waals surface area (Å²) in [7, 11) is 0. The van der Waals surface area contributed by atoms with Crippen LogP contribution in [0, 0.1) is 0 Å². The minimum Gasteiger partial charge on any atom is -0.477 e. The smallest absolute Gasteiger partial charge is 0.341 e. The van der Waals surface area contributed by atoms with E-state index in [4.69, 9.17) is 9.63 Å². The topological polar surface area (TPSA) is 98.2 Å². The Hall–Kier alpha value is -2.44. The average Bonchev–Trinajstić information content (AvgIpc) is 2.79. The highest BCUT2D eigenvalue weighted by Gasteiger charge is 2.12. The van der Waals surface area contributed by atoms with Gasteiger partial charge in [0.25, 0.3) is 5.56 Å². The first-order valence-corrected chi connectivity index (χ1v) is 5.86. The summed E-state index contributed by atoms with van der Waals surface area (Å²) >= 11 is 0. The van der Waals surface area contributed by atoms with Crippen molar-refractivity contribution in [1.82, 2.24) is 14.7 Å². The van der Waals surface area contributed by atoms with Gasteiger partial charge in [-0.1, -0.05) is 12.1 Å². The third-order valence-corrected chi connectivity index (χ3v) is 2.54. The molecule has 2 aromatic heterocycles. The number of hydrogen-bond acceptors (Lipinski definition) is 5. The number of carboxylic acid groups (broad SMARTS) is 1. The van der Waals surface area contributed by atoms with Gasteiger partial charge in [0.1, 0.15) is 5.56 Å². The lowest BCUT2D eigenvalue weighted by molar-refractivity contribution is 0.0694. The van der Waals surface area contributed by atoms with Crippen molar-refractivity contribution in [3.05, 3.63) is 46.0 Å². The van der Waals surface area contributed by atoms with E-state index in [0.717, 1.165) is 6.42 Å². The predicted molar refractivity (Wildman–Crippen MR) is 65.1 cm³/mol. The van der Waals surface area contributed by atoms with Crippen LogP contribution in [0.4, 0.5) is 0 Å². The number of nitrogens with zero attached hydrogens (tertiary/aromatic N) is 3. The molecule has 0 aliphatic heterocycles. The molecule has 0 aliphatic rings. The standard InChI is InChI=1S/C12H13N3O4/c1-2-4-10-13-9(14-19-10)7-15-6-3-5-8(11(15)16)12(17)18/h3,5-6H,2,4,7H2,1H3,(H,17,18). The second kappa shape index (κ2) is 5.47. The molecule has 0 saturated carbocycles. The van der Waals surface area contributed by atoms with Gasteiger partial charge in [0, 0.05) is 12.6 Å². The molecule has 0 bridgehead atoms. The molecule has 0 unspecified atom stereocenters. The van der Waals surface area contributed by atoms with Gasteiger partial charge in [0.05, 0.1) is 6.54 Å². The number of carboxylic acids is 1. The molecule has 0 atom stereocenters. The van der Waals surface area contributed by atoms with Gasteiger partial charge in [-0.2, -0.15) is 4.98 Å². The molecule has 2 heterocycles. The van der Waals surface area contributed by atoms with Gasteiger partial charge in [-0.05, 0) is 18.6 Å². The summed E-state index contributed by atoms with van der Waals surface area (Å²) in [5.41, 5.74) is -0.864. The highest BCUT2D eigenvalue weighted by molar-refractivity contribution is 5.86. The van der Waals surface area contributed by atoms with Crippen LogP contribution in [0.2, 0.25) is 0 Å². The third-order valence-electron chi connectivity index (χ3n) is 2.54. The molecule has 0 radical (unpaired) electrons. The molecule has 1 N–H and O–H groups in total. The maximum absolute atomic E-state index is 11.8. The quantitative estimate of drug-likeness (QED) is 0.861. The summed E-state index contributed by atoms with van der Waals surface area (Å²) in [6, 6.07) is 2.76. The van der Waals surface area contributed by atoms with Gasteiger partial charge >= 0.3 is 5.97 Å². The van der Waals surface area contributed by atoms with E-state index in [1.54, 1.807) is 0 Å². The highest BCUT2D eigenvalue weighted by Crippen LogP contribution is 2.02. The maximum atomic E-state index is 11.8. The van der Waals surface area contributed by atoms with E-state index in [0.29, 0.717) is 18.1 Å². The zero-order valence-corrected chi connectivity index (χ0v) is 10.4. The zero-order valence-electron chi connectivity index (χ0n) is 10.4. The Kier molecular flexibility index (Phi) is 3.74. The van der Waals surface area contributed by atoms with Crippen molar-refractivity contribution in [2.45, 2.75) is 26.3 Å². The van der Waals surface area contributed by atoms with E-state index in [9.17, 15) is 9.59 Å². The van der Waals surface area contributed by atoms with E-state index in [1.165, 1.54) is 22.9 Å². The summed E-state index contributed by atoms with van der Waals surface area (Å²) in [5, 5.41) is 12.6. The number of rotatable bonds is 5. The van der Waals surface area contributed by atoms with E-state index < -0.39 is 11.5 Å². The number of aryl methyl sites for hydroxylation is 1. The molecule has 0 aromatic carbocycles. The second-order valence-corrected chi connectivity index (χ2v) is 4.01. The molecular weight excluding hydrogens is 250 g/mol. The Morgan fingerprint density at radius 2 is 2.32 bits per heavy atom. The fourth-order valence-corrected chi connectivity index (χ4v) is 1.65. The summed E-state index contributed by atoms with van der Waals surface area (Å²) < 4.78 is 6.24. The lowest BCUT2D eigenvalue weighted by Gasteiger charge is -2.02. The Balaban J connectivity index is 2.25. The minimum absolute atomic E-state index is 0.0904. The first-order chi connectivity index (χ1) is 9.11. The summed E-state index contributed by atoms with van der Waals surface area (Å²) in [5.74, 6) is -0.382. The van der Waals surface area contributed by atoms with Crippen molar-refractivity contribution in [1.29, 1.82) is 0 Å². The number of aromatic nitrogens is 3. The molecule has 7 heteroatoms. The third kappa shape index (κ3) is 2.87. The van der Waals surface area contributed by atoms with E-state index >= 15 is 0 Å². The molecule has 0 amide bonds. The van der Waals surface area contributed by atoms with Crippen molar-refractivity contribution < 1.29 is 14.4 Å². The minimum atomic E-state index is -1.25. The van der Waals surface area contributed by atoms with E-state index in [2.05, 4.69) is 10.1 Å². The highest BCUT2D eigenvalue weighted by atomic mass is 16.5. The van der Waals surface area contributed by atoms with Crippen LogP contribution in [0.1, 0.15) is 35.4 Å². The van der Waals surface area contributed by atoms with Crippen LogP contribution in [0.25, 0.3) is 0 Å². The Labute approximate surface area is 108 Å². The van der Waals surface area contributed by atoms with Crippen LogP contribution in [0.3, 0.4) is 0 Å². The maximum Gasteiger partial charge on any atom is 0.341 e. The molecule has 7 nitrogen and oxygen atoms in total. The lowest BCUT2D eigenvalue weighted by atomic mass is 10.3. The van der Waals surface area contributed by atoms with Gasteiger partial charge in [-0.3, -0.25) is 4.79 Å². The van der Waals surface area contributed by atoms with Gasteiger partial charge in [0.2, 0.25) is 5.89 Å². The van der Waals surface area contributed by atoms with Crippen LogP contribution in [-0.4, -0.2) is 25.8 Å². The second-order valence-electron chi connectivity index (χ2n) is 4.01. The molecule has 0 spiro atoms. The normalized spacial score (nSPS) is 10.6. The van der Waals surface area contributed by atoms with Gasteiger partial charge in [-0.15, -0.1) is 0 Å². The summed E-state index contributed by atoms with van der Waals surface area (Å²) in [6.07, 6.45) is 3.05. The summed E-state index contributed by atoms with van der Waals surface area (Å²) in [4.78, 5) is 26.8. The predicted octanol–water partition coefficient (Wildman–Crippen LogP) is 0.930. The SMILES string of the molecule is CCCc1nc(Cn2cccc(C(=O)O)c2=O)no1. The number of aromatic carboxylic acids is 1. The van der Waals surface area contributed by atoms with Gasteiger partial charge < -0.3 is 14.2 Å². The Bertz CT molecular complexity index is 644. The van der Waals surface area contributed by atoms with Crippen molar-refractivity contribution in [2.24, 2.45) is 0 Å². The van der Waals surface area contributed by atoms with E-state index in [1.807, 2.05) is 6.92 Å². The summed E-state index contributed by atoms with van der Waals surface area (Å²) in [6.45, 7) is 2.08. The van der Waals surface area contributed by atoms with Crippen molar-refractivity contribution >= 4 is 5.97 Å². The zero-order chi connectivity index (χ0) is 13.8.